The molecule has 1 rings (SSSR count). The Kier molecular flexibility index (Phi) is 3.82. The fraction of sp³-hybridized carbons (Fsp3) is 0.231. The number of ketones is 2. The molecule has 2 heteroatoms. The monoisotopic (exact) mass is 200 g/mol. The molecule has 0 fully saturated rings. The van der Waals surface area contributed by atoms with Crippen molar-refractivity contribution >= 4 is 11.6 Å². The first kappa shape index (κ1) is 11.2. The highest BCUT2D eigenvalue weighted by Gasteiger charge is 2.23. The summed E-state index contributed by atoms with van der Waals surface area (Å²) in [6.45, 7) is 1.39. The van der Waals surface area contributed by atoms with Gasteiger partial charge in [0.25, 0.3) is 0 Å². The number of hydrogen-bond acceptors (Lipinski definition) is 2. The van der Waals surface area contributed by atoms with Gasteiger partial charge in [-0.1, -0.05) is 30.3 Å². The molecule has 0 bridgehead atoms. The second-order valence-corrected chi connectivity index (χ2v) is 3.30. The first-order chi connectivity index (χ1) is 7.16. The molecule has 0 unspecified atom stereocenters. The molecule has 1 atom stereocenters. The predicted molar refractivity (Wildman–Crippen MR) is 58.4 cm³/mol. The fourth-order valence-electron chi connectivity index (χ4n) is 1.34. The van der Waals surface area contributed by atoms with Crippen molar-refractivity contribution < 1.29 is 9.59 Å². The van der Waals surface area contributed by atoms with E-state index in [1.165, 1.54) is 6.92 Å². The van der Waals surface area contributed by atoms with E-state index < -0.39 is 5.92 Å². The second kappa shape index (κ2) is 5.11. The van der Waals surface area contributed by atoms with Crippen LogP contribution in [-0.4, -0.2) is 11.6 Å². The lowest BCUT2D eigenvalue weighted by Gasteiger charge is -2.08. The molecule has 0 radical (unpaired) electrons. The summed E-state index contributed by atoms with van der Waals surface area (Å²) in [5.41, 5.74) is 0.535. The fourth-order valence-corrected chi connectivity index (χ4v) is 1.34. The standard InChI is InChI=1S/C13H12O2/c1-3-7-12(10(2)14)13(15)11-8-5-4-6-9-11/h1,4-6,8-9,12H,7H2,2H3/t12-/m0/s1. The summed E-state index contributed by atoms with van der Waals surface area (Å²) in [7, 11) is 0. The maximum atomic E-state index is 11.9. The topological polar surface area (TPSA) is 34.1 Å². The maximum Gasteiger partial charge on any atom is 0.174 e. The third kappa shape index (κ3) is 2.78. The molecule has 0 aliphatic heterocycles. The van der Waals surface area contributed by atoms with E-state index in [2.05, 4.69) is 5.92 Å². The SMILES string of the molecule is C#CC[C@@H](C(C)=O)C(=O)c1ccccc1. The number of hydrogen-bond donors (Lipinski definition) is 0. The van der Waals surface area contributed by atoms with Gasteiger partial charge in [-0.3, -0.25) is 9.59 Å². The van der Waals surface area contributed by atoms with Crippen LogP contribution in [0.25, 0.3) is 0 Å². The Hall–Kier alpha value is -1.88. The van der Waals surface area contributed by atoms with Crippen LogP contribution >= 0.6 is 0 Å². The van der Waals surface area contributed by atoms with E-state index in [9.17, 15) is 9.59 Å². The molecule has 0 amide bonds. The van der Waals surface area contributed by atoms with Crippen LogP contribution < -0.4 is 0 Å². The number of carbonyl (C=O) groups is 2. The van der Waals surface area contributed by atoms with E-state index in [1.54, 1.807) is 24.3 Å². The Labute approximate surface area is 89.3 Å². The van der Waals surface area contributed by atoms with Crippen LogP contribution in [0.15, 0.2) is 30.3 Å². The molecule has 15 heavy (non-hydrogen) atoms. The minimum atomic E-state index is -0.697. The smallest absolute Gasteiger partial charge is 0.174 e. The van der Waals surface area contributed by atoms with Crippen LogP contribution in [0.5, 0.6) is 0 Å². The summed E-state index contributed by atoms with van der Waals surface area (Å²) < 4.78 is 0. The molecule has 0 aliphatic carbocycles. The lowest BCUT2D eigenvalue weighted by molar-refractivity contribution is -0.119. The third-order valence-electron chi connectivity index (χ3n) is 2.19. The van der Waals surface area contributed by atoms with Crippen molar-refractivity contribution in [3.63, 3.8) is 0 Å². The van der Waals surface area contributed by atoms with E-state index in [0.717, 1.165) is 0 Å². The normalized spacial score (nSPS) is 11.5. The van der Waals surface area contributed by atoms with Crippen LogP contribution in [0.2, 0.25) is 0 Å². The summed E-state index contributed by atoms with van der Waals surface area (Å²) in [4.78, 5) is 23.1. The average molecular weight is 200 g/mol. The Balaban J connectivity index is 2.92. The van der Waals surface area contributed by atoms with Gasteiger partial charge in [0.2, 0.25) is 0 Å². The Morgan fingerprint density at radius 1 is 1.33 bits per heavy atom. The minimum absolute atomic E-state index is 0.170. The van der Waals surface area contributed by atoms with Gasteiger partial charge in [0.15, 0.2) is 5.78 Å². The van der Waals surface area contributed by atoms with E-state index in [-0.39, 0.29) is 18.0 Å². The maximum absolute atomic E-state index is 11.9. The highest BCUT2D eigenvalue weighted by atomic mass is 16.1. The number of terminal acetylenes is 1. The van der Waals surface area contributed by atoms with Crippen molar-refractivity contribution in [2.24, 2.45) is 5.92 Å². The highest BCUT2D eigenvalue weighted by Crippen LogP contribution is 2.13. The lowest BCUT2D eigenvalue weighted by atomic mass is 9.92. The number of carbonyl (C=O) groups excluding carboxylic acids is 2. The second-order valence-electron chi connectivity index (χ2n) is 3.30. The van der Waals surface area contributed by atoms with E-state index >= 15 is 0 Å². The predicted octanol–water partition coefficient (Wildman–Crippen LogP) is 2.10. The molecule has 2 nitrogen and oxygen atoms in total. The van der Waals surface area contributed by atoms with Gasteiger partial charge < -0.3 is 0 Å². The lowest BCUT2D eigenvalue weighted by Crippen LogP contribution is -2.21. The van der Waals surface area contributed by atoms with E-state index in [1.807, 2.05) is 6.07 Å². The Morgan fingerprint density at radius 3 is 2.40 bits per heavy atom. The Bertz CT molecular complexity index is 398. The van der Waals surface area contributed by atoms with Gasteiger partial charge >= 0.3 is 0 Å². The van der Waals surface area contributed by atoms with Gasteiger partial charge in [0, 0.05) is 12.0 Å². The largest absolute Gasteiger partial charge is 0.299 e. The zero-order valence-corrected chi connectivity index (χ0v) is 8.57. The minimum Gasteiger partial charge on any atom is -0.299 e. The van der Waals surface area contributed by atoms with Crippen molar-refractivity contribution in [3.05, 3.63) is 35.9 Å². The first-order valence-corrected chi connectivity index (χ1v) is 4.70. The molecule has 0 heterocycles. The van der Waals surface area contributed by atoms with Crippen molar-refractivity contribution in [1.29, 1.82) is 0 Å². The zero-order valence-electron chi connectivity index (χ0n) is 8.57. The van der Waals surface area contributed by atoms with Crippen molar-refractivity contribution in [1.82, 2.24) is 0 Å². The van der Waals surface area contributed by atoms with Crippen LogP contribution in [0.1, 0.15) is 23.7 Å². The molecular weight excluding hydrogens is 188 g/mol. The van der Waals surface area contributed by atoms with Gasteiger partial charge in [-0.2, -0.15) is 0 Å². The average Bonchev–Trinajstić information content (AvgIpc) is 2.26. The van der Waals surface area contributed by atoms with Crippen molar-refractivity contribution in [2.75, 3.05) is 0 Å². The summed E-state index contributed by atoms with van der Waals surface area (Å²) in [5.74, 6) is 1.29. The number of Topliss-reactive ketones (excluding diaryl/α,β-unsaturated/α-hetero) is 2. The summed E-state index contributed by atoms with van der Waals surface area (Å²) >= 11 is 0. The Morgan fingerprint density at radius 2 is 1.93 bits per heavy atom. The van der Waals surface area contributed by atoms with Gasteiger partial charge in [0.1, 0.15) is 5.78 Å². The summed E-state index contributed by atoms with van der Waals surface area (Å²) in [6, 6.07) is 8.73. The van der Waals surface area contributed by atoms with Crippen molar-refractivity contribution in [2.45, 2.75) is 13.3 Å². The third-order valence-corrected chi connectivity index (χ3v) is 2.19. The van der Waals surface area contributed by atoms with Gasteiger partial charge in [-0.15, -0.1) is 12.3 Å². The molecule has 0 N–H and O–H groups in total. The zero-order chi connectivity index (χ0) is 11.3. The molecule has 76 valence electrons. The molecule has 1 aromatic rings. The quantitative estimate of drug-likeness (QED) is 0.423. The summed E-state index contributed by atoms with van der Waals surface area (Å²) in [6.07, 6.45) is 5.30. The van der Waals surface area contributed by atoms with Crippen LogP contribution in [0.3, 0.4) is 0 Å². The van der Waals surface area contributed by atoms with Gasteiger partial charge in [-0.05, 0) is 6.92 Å². The van der Waals surface area contributed by atoms with Gasteiger partial charge in [0.05, 0.1) is 5.92 Å². The molecular formula is C13H12O2. The molecule has 1 aromatic carbocycles. The molecule has 0 spiro atoms. The summed E-state index contributed by atoms with van der Waals surface area (Å²) in [5, 5.41) is 0. The number of benzene rings is 1. The van der Waals surface area contributed by atoms with Crippen LogP contribution in [0, 0.1) is 18.3 Å². The highest BCUT2D eigenvalue weighted by molar-refractivity contribution is 6.10. The molecule has 0 saturated carbocycles. The van der Waals surface area contributed by atoms with E-state index in [4.69, 9.17) is 6.42 Å². The molecule has 0 aromatic heterocycles. The molecule has 0 saturated heterocycles. The molecule has 0 aliphatic rings. The van der Waals surface area contributed by atoms with Crippen LogP contribution in [-0.2, 0) is 4.79 Å². The van der Waals surface area contributed by atoms with Crippen LogP contribution in [0.4, 0.5) is 0 Å². The first-order valence-electron chi connectivity index (χ1n) is 4.70. The number of rotatable bonds is 4. The van der Waals surface area contributed by atoms with Crippen molar-refractivity contribution in [3.8, 4) is 12.3 Å². The van der Waals surface area contributed by atoms with E-state index in [0.29, 0.717) is 5.56 Å². The van der Waals surface area contributed by atoms with Gasteiger partial charge in [-0.25, -0.2) is 0 Å².